The molecule has 31 heavy (non-hydrogen) atoms. The molecule has 0 atom stereocenters. The monoisotopic (exact) mass is 423 g/mol. The van der Waals surface area contributed by atoms with Gasteiger partial charge in [-0.25, -0.2) is 14.6 Å². The summed E-state index contributed by atoms with van der Waals surface area (Å²) in [5.74, 6) is -0.576. The van der Waals surface area contributed by atoms with Crippen molar-refractivity contribution < 1.29 is 19.1 Å². The van der Waals surface area contributed by atoms with Crippen molar-refractivity contribution in [1.29, 1.82) is 0 Å². The first kappa shape index (κ1) is 21.8. The van der Waals surface area contributed by atoms with Crippen molar-refractivity contribution in [2.75, 3.05) is 32.6 Å². The van der Waals surface area contributed by atoms with Crippen LogP contribution in [0.3, 0.4) is 0 Å². The van der Waals surface area contributed by atoms with Crippen LogP contribution in [0.15, 0.2) is 48.8 Å². The van der Waals surface area contributed by atoms with E-state index in [1.807, 2.05) is 10.6 Å². The summed E-state index contributed by atoms with van der Waals surface area (Å²) in [6.07, 6.45) is 1.67. The van der Waals surface area contributed by atoms with Gasteiger partial charge in [0.1, 0.15) is 0 Å². The summed E-state index contributed by atoms with van der Waals surface area (Å²) in [7, 11) is 3.40. The molecule has 3 rings (SSSR count). The number of carbonyl (C=O) groups excluding carboxylic acids is 3. The van der Waals surface area contributed by atoms with Crippen LogP contribution in [-0.2, 0) is 11.3 Å². The average Bonchev–Trinajstić information content (AvgIpc) is 3.16. The molecule has 0 radical (unpaired) electrons. The zero-order valence-corrected chi connectivity index (χ0v) is 17.7. The molecule has 0 saturated heterocycles. The predicted molar refractivity (Wildman–Crippen MR) is 117 cm³/mol. The molecule has 0 spiro atoms. The zero-order valence-electron chi connectivity index (χ0n) is 17.7. The normalized spacial score (nSPS) is 10.5. The van der Waals surface area contributed by atoms with Crippen molar-refractivity contribution in [3.63, 3.8) is 0 Å². The molecule has 0 saturated carbocycles. The van der Waals surface area contributed by atoms with E-state index in [-0.39, 0.29) is 12.5 Å². The molecule has 162 valence electrons. The van der Waals surface area contributed by atoms with Crippen LogP contribution in [0.1, 0.15) is 27.6 Å². The maximum atomic E-state index is 12.3. The number of imidazole rings is 1. The molecular formula is C22H25N5O4. The van der Waals surface area contributed by atoms with Crippen molar-refractivity contribution in [2.45, 2.75) is 13.5 Å². The minimum Gasteiger partial charge on any atom is -0.462 e. The maximum absolute atomic E-state index is 12.3. The number of nitrogens with zero attached hydrogens (tertiary/aromatic N) is 3. The molecule has 2 aromatic carbocycles. The average molecular weight is 423 g/mol. The largest absolute Gasteiger partial charge is 0.462 e. The second-order valence-corrected chi connectivity index (χ2v) is 6.99. The number of nitrogens with one attached hydrogen (secondary N) is 2. The van der Waals surface area contributed by atoms with Crippen LogP contribution in [0, 0.1) is 0 Å². The molecule has 1 heterocycles. The lowest BCUT2D eigenvalue weighted by atomic mass is 10.2. The molecule has 3 amide bonds. The second kappa shape index (κ2) is 9.75. The number of amides is 3. The molecule has 3 aromatic rings. The van der Waals surface area contributed by atoms with E-state index in [9.17, 15) is 14.4 Å². The number of urea groups is 1. The van der Waals surface area contributed by atoms with Gasteiger partial charge in [-0.1, -0.05) is 12.1 Å². The minimum absolute atomic E-state index is 0.0853. The summed E-state index contributed by atoms with van der Waals surface area (Å²) in [5.41, 5.74) is 2.82. The Morgan fingerprint density at radius 1 is 1.13 bits per heavy atom. The number of anilines is 1. The first-order chi connectivity index (χ1) is 14.9. The Hall–Kier alpha value is -3.88. The molecule has 0 aliphatic heterocycles. The van der Waals surface area contributed by atoms with Crippen molar-refractivity contribution in [1.82, 2.24) is 19.8 Å². The van der Waals surface area contributed by atoms with Crippen LogP contribution < -0.4 is 10.6 Å². The molecule has 0 aliphatic carbocycles. The first-order valence-corrected chi connectivity index (χ1v) is 9.88. The number of rotatable bonds is 7. The molecule has 0 aliphatic rings. The van der Waals surface area contributed by atoms with Gasteiger partial charge in [0, 0.05) is 32.7 Å². The first-order valence-electron chi connectivity index (χ1n) is 9.88. The van der Waals surface area contributed by atoms with Gasteiger partial charge >= 0.3 is 12.0 Å². The third-order valence-electron chi connectivity index (χ3n) is 4.58. The summed E-state index contributed by atoms with van der Waals surface area (Å²) in [6.45, 7) is 2.81. The number of esters is 1. The molecule has 1 aromatic heterocycles. The molecular weight excluding hydrogens is 398 g/mol. The number of carbonyl (C=O) groups is 3. The highest BCUT2D eigenvalue weighted by Gasteiger charge is 2.14. The van der Waals surface area contributed by atoms with Gasteiger partial charge in [0.05, 0.1) is 35.2 Å². The Morgan fingerprint density at radius 3 is 2.65 bits per heavy atom. The highest BCUT2D eigenvalue weighted by atomic mass is 16.5. The highest BCUT2D eigenvalue weighted by Crippen LogP contribution is 2.17. The SMILES string of the molecule is CCOC(=O)c1ccccc1NC(=O)NCCn1cnc2cc(C(=O)N(C)C)ccc21. The topological polar surface area (TPSA) is 106 Å². The fraction of sp³-hybridized carbons (Fsp3) is 0.273. The number of fused-ring (bicyclic) bond motifs is 1. The lowest BCUT2D eigenvalue weighted by Crippen LogP contribution is -2.32. The Morgan fingerprint density at radius 2 is 1.90 bits per heavy atom. The summed E-state index contributed by atoms with van der Waals surface area (Å²) in [6, 6.07) is 11.6. The standard InChI is InChI=1S/C22H25N5O4/c1-4-31-21(29)16-7-5-6-8-17(16)25-22(30)23-11-12-27-14-24-18-13-15(9-10-19(18)27)20(28)26(2)3/h5-10,13-14H,4,11-12H2,1-3H3,(H2,23,25,30). The van der Waals surface area contributed by atoms with Gasteiger partial charge in [-0.2, -0.15) is 0 Å². The quantitative estimate of drug-likeness (QED) is 0.569. The van der Waals surface area contributed by atoms with Crippen LogP contribution in [-0.4, -0.2) is 59.6 Å². The van der Waals surface area contributed by atoms with E-state index in [1.165, 1.54) is 4.90 Å². The van der Waals surface area contributed by atoms with Crippen LogP contribution >= 0.6 is 0 Å². The van der Waals surface area contributed by atoms with Crippen molar-refractivity contribution in [3.05, 3.63) is 59.9 Å². The minimum atomic E-state index is -0.490. The lowest BCUT2D eigenvalue weighted by Gasteiger charge is -2.12. The molecule has 9 heteroatoms. The third-order valence-corrected chi connectivity index (χ3v) is 4.58. The number of hydrogen-bond acceptors (Lipinski definition) is 5. The zero-order chi connectivity index (χ0) is 22.4. The fourth-order valence-electron chi connectivity index (χ4n) is 3.07. The molecule has 0 bridgehead atoms. The van der Waals surface area contributed by atoms with E-state index >= 15 is 0 Å². The molecule has 0 fully saturated rings. The number of hydrogen-bond donors (Lipinski definition) is 2. The summed E-state index contributed by atoms with van der Waals surface area (Å²) >= 11 is 0. The summed E-state index contributed by atoms with van der Waals surface area (Å²) in [5, 5.41) is 5.44. The molecule has 0 unspecified atom stereocenters. The van der Waals surface area contributed by atoms with E-state index in [2.05, 4.69) is 15.6 Å². The Balaban J connectivity index is 1.60. The maximum Gasteiger partial charge on any atom is 0.340 e. The van der Waals surface area contributed by atoms with E-state index in [0.717, 1.165) is 5.52 Å². The van der Waals surface area contributed by atoms with Crippen molar-refractivity contribution in [3.8, 4) is 0 Å². The van der Waals surface area contributed by atoms with Gasteiger partial charge in [0.25, 0.3) is 5.91 Å². The third kappa shape index (κ3) is 5.19. The molecule has 9 nitrogen and oxygen atoms in total. The highest BCUT2D eigenvalue weighted by molar-refractivity contribution is 6.01. The number of aromatic nitrogens is 2. The number of benzene rings is 2. The smallest absolute Gasteiger partial charge is 0.340 e. The Labute approximate surface area is 180 Å². The van der Waals surface area contributed by atoms with Crippen LogP contribution in [0.2, 0.25) is 0 Å². The van der Waals surface area contributed by atoms with Crippen LogP contribution in [0.25, 0.3) is 11.0 Å². The van der Waals surface area contributed by atoms with Gasteiger partial charge in [-0.05, 0) is 37.3 Å². The van der Waals surface area contributed by atoms with E-state index in [4.69, 9.17) is 4.74 Å². The predicted octanol–water partition coefficient (Wildman–Crippen LogP) is 2.74. The fourth-order valence-corrected chi connectivity index (χ4v) is 3.07. The summed E-state index contributed by atoms with van der Waals surface area (Å²) in [4.78, 5) is 42.3. The van der Waals surface area contributed by atoms with E-state index < -0.39 is 12.0 Å². The second-order valence-electron chi connectivity index (χ2n) is 6.99. The Bertz CT molecular complexity index is 1110. The van der Waals surface area contributed by atoms with Crippen LogP contribution in [0.5, 0.6) is 0 Å². The van der Waals surface area contributed by atoms with Crippen molar-refractivity contribution in [2.24, 2.45) is 0 Å². The van der Waals surface area contributed by atoms with Gasteiger partial charge in [-0.3, -0.25) is 4.79 Å². The van der Waals surface area contributed by atoms with Crippen molar-refractivity contribution >= 4 is 34.6 Å². The van der Waals surface area contributed by atoms with Gasteiger partial charge in [-0.15, -0.1) is 0 Å². The van der Waals surface area contributed by atoms with E-state index in [0.29, 0.717) is 35.4 Å². The molecule has 2 N–H and O–H groups in total. The number of para-hydroxylation sites is 1. The lowest BCUT2D eigenvalue weighted by molar-refractivity contribution is 0.0527. The van der Waals surface area contributed by atoms with E-state index in [1.54, 1.807) is 63.7 Å². The summed E-state index contributed by atoms with van der Waals surface area (Å²) < 4.78 is 6.91. The van der Waals surface area contributed by atoms with Crippen LogP contribution in [0.4, 0.5) is 10.5 Å². The van der Waals surface area contributed by atoms with Gasteiger partial charge in [0.2, 0.25) is 0 Å². The van der Waals surface area contributed by atoms with Gasteiger partial charge < -0.3 is 24.8 Å². The van der Waals surface area contributed by atoms with Gasteiger partial charge in [0.15, 0.2) is 0 Å². The Kier molecular flexibility index (Phi) is 6.86. The number of ether oxygens (including phenoxy) is 1.